The smallest absolute Gasteiger partial charge is 0.232 e. The molecular weight excluding hydrogens is 190 g/mol. The van der Waals surface area contributed by atoms with E-state index in [1.54, 1.807) is 0 Å². The molecule has 1 N–H and O–H groups in total. The maximum absolute atomic E-state index is 9.16. The number of aliphatic hydroxyl groups is 1. The molecule has 0 aliphatic heterocycles. The number of hydrogen-bond donors (Lipinski definition) is 1. The highest BCUT2D eigenvalue weighted by Gasteiger charge is 2.09. The highest BCUT2D eigenvalue weighted by molar-refractivity contribution is 5.75. The van der Waals surface area contributed by atoms with Crippen LogP contribution in [0.5, 0.6) is 0 Å². The van der Waals surface area contributed by atoms with Crippen LogP contribution < -0.4 is 0 Å². The lowest BCUT2D eigenvalue weighted by molar-refractivity contribution is 0.266. The second-order valence-corrected chi connectivity index (χ2v) is 3.21. The zero-order chi connectivity index (χ0) is 10.7. The van der Waals surface area contributed by atoms with E-state index >= 15 is 0 Å². The van der Waals surface area contributed by atoms with E-state index in [1.165, 1.54) is 0 Å². The average molecular weight is 201 g/mol. The van der Waals surface area contributed by atoms with Gasteiger partial charge in [-0.3, -0.25) is 0 Å². The SMILES string of the molecule is [C-]#[N+]CCn1c(CO)nc2ccccc21. The molecule has 76 valence electrons. The van der Waals surface area contributed by atoms with Gasteiger partial charge in [-0.25, -0.2) is 11.6 Å². The Morgan fingerprint density at radius 3 is 2.93 bits per heavy atom. The standard InChI is InChI=1S/C11H11N3O/c1-12-6-7-14-10-5-3-2-4-9(10)13-11(14)8-15/h2-5,15H,6-8H2. The first kappa shape index (κ1) is 9.69. The summed E-state index contributed by atoms with van der Waals surface area (Å²) in [4.78, 5) is 7.61. The minimum Gasteiger partial charge on any atom is -0.388 e. The molecule has 2 aromatic rings. The molecule has 0 atom stereocenters. The molecule has 0 unspecified atom stereocenters. The number of nitrogens with zero attached hydrogens (tertiary/aromatic N) is 3. The molecule has 4 nitrogen and oxygen atoms in total. The van der Waals surface area contributed by atoms with Crippen molar-refractivity contribution in [2.24, 2.45) is 0 Å². The summed E-state index contributed by atoms with van der Waals surface area (Å²) in [5.74, 6) is 0.625. The molecule has 0 amide bonds. The molecule has 0 fully saturated rings. The van der Waals surface area contributed by atoms with Crippen LogP contribution in [0.1, 0.15) is 5.82 Å². The summed E-state index contributed by atoms with van der Waals surface area (Å²) in [6, 6.07) is 7.70. The first-order chi connectivity index (χ1) is 7.36. The van der Waals surface area contributed by atoms with Crippen molar-refractivity contribution in [3.05, 3.63) is 41.5 Å². The summed E-state index contributed by atoms with van der Waals surface area (Å²) in [6.07, 6.45) is 0. The zero-order valence-corrected chi connectivity index (χ0v) is 8.22. The summed E-state index contributed by atoms with van der Waals surface area (Å²) >= 11 is 0. The van der Waals surface area contributed by atoms with Crippen molar-refractivity contribution < 1.29 is 5.11 Å². The van der Waals surface area contributed by atoms with E-state index in [2.05, 4.69) is 9.83 Å². The fourth-order valence-electron chi connectivity index (χ4n) is 1.65. The Balaban J connectivity index is 2.52. The van der Waals surface area contributed by atoms with E-state index in [0.717, 1.165) is 11.0 Å². The molecular formula is C11H11N3O. The second-order valence-electron chi connectivity index (χ2n) is 3.21. The van der Waals surface area contributed by atoms with Gasteiger partial charge in [-0.15, -0.1) is 0 Å². The van der Waals surface area contributed by atoms with Crippen molar-refractivity contribution in [2.75, 3.05) is 6.54 Å². The topological polar surface area (TPSA) is 42.4 Å². The number of fused-ring (bicyclic) bond motifs is 1. The number of imidazole rings is 1. The van der Waals surface area contributed by atoms with Gasteiger partial charge in [-0.05, 0) is 12.1 Å². The third kappa shape index (κ3) is 1.69. The zero-order valence-electron chi connectivity index (χ0n) is 8.22. The van der Waals surface area contributed by atoms with E-state index in [4.69, 9.17) is 11.7 Å². The van der Waals surface area contributed by atoms with E-state index in [9.17, 15) is 0 Å². The van der Waals surface area contributed by atoms with Gasteiger partial charge in [0, 0.05) is 0 Å². The number of rotatable bonds is 3. The molecule has 1 aromatic heterocycles. The molecule has 0 spiro atoms. The Labute approximate surface area is 87.6 Å². The van der Waals surface area contributed by atoms with Crippen LogP contribution in [0.25, 0.3) is 15.9 Å². The maximum atomic E-state index is 9.16. The van der Waals surface area contributed by atoms with Gasteiger partial charge in [0.05, 0.1) is 17.6 Å². The van der Waals surface area contributed by atoms with Crippen LogP contribution >= 0.6 is 0 Å². The van der Waals surface area contributed by atoms with Crippen LogP contribution in [0, 0.1) is 6.57 Å². The van der Waals surface area contributed by atoms with Gasteiger partial charge >= 0.3 is 0 Å². The van der Waals surface area contributed by atoms with Gasteiger partial charge in [-0.2, -0.15) is 0 Å². The van der Waals surface area contributed by atoms with Gasteiger partial charge in [0.25, 0.3) is 0 Å². The Bertz CT molecular complexity index is 510. The molecule has 0 saturated carbocycles. The molecule has 4 heteroatoms. The van der Waals surface area contributed by atoms with Crippen LogP contribution in [0.2, 0.25) is 0 Å². The maximum Gasteiger partial charge on any atom is 0.232 e. The summed E-state index contributed by atoms with van der Waals surface area (Å²) in [7, 11) is 0. The van der Waals surface area contributed by atoms with Gasteiger partial charge in [-0.1, -0.05) is 12.1 Å². The first-order valence-corrected chi connectivity index (χ1v) is 4.75. The number of para-hydroxylation sites is 2. The van der Waals surface area contributed by atoms with Gasteiger partial charge in [0.2, 0.25) is 6.54 Å². The predicted molar refractivity (Wildman–Crippen MR) is 57.1 cm³/mol. The minimum atomic E-state index is -0.0906. The van der Waals surface area contributed by atoms with Crippen molar-refractivity contribution in [1.29, 1.82) is 0 Å². The highest BCUT2D eigenvalue weighted by Crippen LogP contribution is 2.15. The quantitative estimate of drug-likeness (QED) is 0.764. The molecule has 0 saturated heterocycles. The number of hydrogen-bond acceptors (Lipinski definition) is 2. The summed E-state index contributed by atoms with van der Waals surface area (Å²) in [5.41, 5.74) is 1.84. The first-order valence-electron chi connectivity index (χ1n) is 4.75. The molecule has 0 bridgehead atoms. The van der Waals surface area contributed by atoms with Gasteiger partial charge in [0.15, 0.2) is 0 Å². The van der Waals surface area contributed by atoms with Crippen LogP contribution in [-0.4, -0.2) is 21.2 Å². The van der Waals surface area contributed by atoms with Gasteiger partial charge in [0.1, 0.15) is 12.4 Å². The molecule has 2 rings (SSSR count). The Hall–Kier alpha value is -1.86. The molecule has 1 heterocycles. The lowest BCUT2D eigenvalue weighted by Crippen LogP contribution is -2.05. The summed E-state index contributed by atoms with van der Waals surface area (Å²) in [5, 5.41) is 9.16. The van der Waals surface area contributed by atoms with E-state index in [1.807, 2.05) is 28.8 Å². The Morgan fingerprint density at radius 2 is 2.20 bits per heavy atom. The minimum absolute atomic E-state index is 0.0906. The van der Waals surface area contributed by atoms with Crippen molar-refractivity contribution >= 4 is 11.0 Å². The van der Waals surface area contributed by atoms with E-state index < -0.39 is 0 Å². The van der Waals surface area contributed by atoms with Crippen molar-refractivity contribution in [3.63, 3.8) is 0 Å². The van der Waals surface area contributed by atoms with Crippen molar-refractivity contribution in [1.82, 2.24) is 9.55 Å². The largest absolute Gasteiger partial charge is 0.388 e. The van der Waals surface area contributed by atoms with Crippen LogP contribution in [0.4, 0.5) is 0 Å². The van der Waals surface area contributed by atoms with Crippen LogP contribution in [-0.2, 0) is 13.2 Å². The summed E-state index contributed by atoms with van der Waals surface area (Å²) in [6.45, 7) is 7.67. The van der Waals surface area contributed by atoms with Crippen molar-refractivity contribution in [3.8, 4) is 0 Å². The lowest BCUT2D eigenvalue weighted by atomic mass is 10.3. The fourth-order valence-corrected chi connectivity index (χ4v) is 1.65. The third-order valence-electron chi connectivity index (χ3n) is 2.31. The monoisotopic (exact) mass is 201 g/mol. The Kier molecular flexibility index (Phi) is 2.66. The number of benzene rings is 1. The number of aliphatic hydroxyl groups excluding tert-OH is 1. The number of aromatic nitrogens is 2. The average Bonchev–Trinajstić information content (AvgIpc) is 2.64. The summed E-state index contributed by atoms with van der Waals surface area (Å²) < 4.78 is 1.90. The molecule has 0 aliphatic rings. The van der Waals surface area contributed by atoms with E-state index in [-0.39, 0.29) is 6.61 Å². The second kappa shape index (κ2) is 4.11. The molecule has 1 aromatic carbocycles. The molecule has 15 heavy (non-hydrogen) atoms. The fraction of sp³-hybridized carbons (Fsp3) is 0.273. The van der Waals surface area contributed by atoms with Crippen LogP contribution in [0.15, 0.2) is 24.3 Å². The van der Waals surface area contributed by atoms with Crippen molar-refractivity contribution in [2.45, 2.75) is 13.2 Å². The lowest BCUT2D eigenvalue weighted by Gasteiger charge is -2.02. The Morgan fingerprint density at radius 1 is 1.40 bits per heavy atom. The normalized spacial score (nSPS) is 10.4. The van der Waals surface area contributed by atoms with Crippen LogP contribution in [0.3, 0.4) is 0 Å². The molecule has 0 radical (unpaired) electrons. The third-order valence-corrected chi connectivity index (χ3v) is 2.31. The van der Waals surface area contributed by atoms with E-state index in [0.29, 0.717) is 18.9 Å². The molecule has 0 aliphatic carbocycles. The highest BCUT2D eigenvalue weighted by atomic mass is 16.3. The van der Waals surface area contributed by atoms with Gasteiger partial charge < -0.3 is 14.5 Å². The predicted octanol–water partition coefficient (Wildman–Crippen LogP) is 1.45.